The normalized spacial score (nSPS) is 11.7. The summed E-state index contributed by atoms with van der Waals surface area (Å²) in [6.45, 7) is 3.65. The van der Waals surface area contributed by atoms with Crippen molar-refractivity contribution in [1.82, 2.24) is 5.32 Å². The number of nitrogens with one attached hydrogen (secondary N) is 1. The fourth-order valence-corrected chi connectivity index (χ4v) is 1.58. The topological polar surface area (TPSA) is 75.6 Å². The molecule has 5 nitrogen and oxygen atoms in total. The third-order valence-corrected chi connectivity index (χ3v) is 2.56. The lowest BCUT2D eigenvalue weighted by Crippen LogP contribution is -2.36. The summed E-state index contributed by atoms with van der Waals surface area (Å²) in [6, 6.07) is 7.26. The highest BCUT2D eigenvalue weighted by Crippen LogP contribution is 2.11. The predicted molar refractivity (Wildman–Crippen MR) is 71.1 cm³/mol. The minimum absolute atomic E-state index is 0.0418. The van der Waals surface area contributed by atoms with Crippen LogP contribution in [-0.4, -0.2) is 29.6 Å². The van der Waals surface area contributed by atoms with E-state index in [2.05, 4.69) is 5.32 Å². The number of carboxylic acids is 1. The van der Waals surface area contributed by atoms with Crippen molar-refractivity contribution in [1.29, 1.82) is 0 Å². The van der Waals surface area contributed by atoms with E-state index >= 15 is 0 Å². The first-order chi connectivity index (χ1) is 8.97. The van der Waals surface area contributed by atoms with E-state index < -0.39 is 5.97 Å². The van der Waals surface area contributed by atoms with Gasteiger partial charge in [-0.3, -0.25) is 9.59 Å². The van der Waals surface area contributed by atoms with Crippen molar-refractivity contribution < 1.29 is 19.4 Å². The van der Waals surface area contributed by atoms with E-state index in [9.17, 15) is 9.59 Å². The Hall–Kier alpha value is -2.04. The number of benzene rings is 1. The van der Waals surface area contributed by atoms with Crippen LogP contribution in [-0.2, 0) is 9.59 Å². The van der Waals surface area contributed by atoms with Gasteiger partial charge in [-0.15, -0.1) is 0 Å². The van der Waals surface area contributed by atoms with E-state index in [0.717, 1.165) is 5.56 Å². The maximum absolute atomic E-state index is 11.6. The maximum atomic E-state index is 11.6. The Morgan fingerprint density at radius 1 is 1.42 bits per heavy atom. The Morgan fingerprint density at radius 2 is 2.16 bits per heavy atom. The SMILES string of the molecule is Cc1cccc(OCC(=O)NC(C)CCC(=O)O)c1. The molecule has 0 aliphatic rings. The molecular formula is C14H19NO4. The Bertz CT molecular complexity index is 445. The molecule has 1 aromatic rings. The van der Waals surface area contributed by atoms with Gasteiger partial charge >= 0.3 is 5.97 Å². The molecule has 0 aromatic heterocycles. The number of amides is 1. The molecule has 5 heteroatoms. The zero-order chi connectivity index (χ0) is 14.3. The van der Waals surface area contributed by atoms with Gasteiger partial charge in [0.2, 0.25) is 0 Å². The molecule has 1 aromatic carbocycles. The number of hydrogen-bond acceptors (Lipinski definition) is 3. The maximum Gasteiger partial charge on any atom is 0.303 e. The van der Waals surface area contributed by atoms with Crippen LogP contribution >= 0.6 is 0 Å². The summed E-state index contributed by atoms with van der Waals surface area (Å²) in [5.74, 6) is -0.468. The number of hydrogen-bond donors (Lipinski definition) is 2. The number of carbonyl (C=O) groups excluding carboxylic acids is 1. The highest BCUT2D eigenvalue weighted by atomic mass is 16.5. The quantitative estimate of drug-likeness (QED) is 0.787. The molecule has 2 N–H and O–H groups in total. The third-order valence-electron chi connectivity index (χ3n) is 2.56. The summed E-state index contributed by atoms with van der Waals surface area (Å²) >= 11 is 0. The van der Waals surface area contributed by atoms with Gasteiger partial charge in [-0.1, -0.05) is 12.1 Å². The molecule has 0 radical (unpaired) electrons. The molecule has 1 atom stereocenters. The molecule has 1 rings (SSSR count). The molecule has 0 saturated carbocycles. The molecule has 0 heterocycles. The molecule has 0 aliphatic carbocycles. The first kappa shape index (κ1) is 15.0. The lowest BCUT2D eigenvalue weighted by atomic mass is 10.2. The second kappa shape index (κ2) is 7.41. The minimum atomic E-state index is -0.864. The summed E-state index contributed by atoms with van der Waals surface area (Å²) in [5, 5.41) is 11.2. The number of ether oxygens (including phenoxy) is 1. The third kappa shape index (κ3) is 6.45. The Labute approximate surface area is 112 Å². The zero-order valence-corrected chi connectivity index (χ0v) is 11.2. The van der Waals surface area contributed by atoms with Crippen LogP contribution in [0.1, 0.15) is 25.3 Å². The van der Waals surface area contributed by atoms with Crippen molar-refractivity contribution in [2.45, 2.75) is 32.7 Å². The number of aryl methyl sites for hydroxylation is 1. The number of rotatable bonds is 7. The highest BCUT2D eigenvalue weighted by molar-refractivity contribution is 5.77. The fraction of sp³-hybridized carbons (Fsp3) is 0.429. The second-order valence-corrected chi connectivity index (χ2v) is 4.51. The Morgan fingerprint density at radius 3 is 2.79 bits per heavy atom. The first-order valence-corrected chi connectivity index (χ1v) is 6.18. The van der Waals surface area contributed by atoms with Gasteiger partial charge in [0.25, 0.3) is 5.91 Å². The lowest BCUT2D eigenvalue weighted by molar-refractivity contribution is -0.137. The van der Waals surface area contributed by atoms with Gasteiger partial charge in [0.1, 0.15) is 5.75 Å². The van der Waals surface area contributed by atoms with Crippen LogP contribution in [0.4, 0.5) is 0 Å². The van der Waals surface area contributed by atoms with Crippen LogP contribution in [0.3, 0.4) is 0 Å². The largest absolute Gasteiger partial charge is 0.484 e. The number of carbonyl (C=O) groups is 2. The lowest BCUT2D eigenvalue weighted by Gasteiger charge is -2.13. The fourth-order valence-electron chi connectivity index (χ4n) is 1.58. The van der Waals surface area contributed by atoms with Crippen LogP contribution in [0.5, 0.6) is 5.75 Å². The summed E-state index contributed by atoms with van der Waals surface area (Å²) < 4.78 is 5.35. The van der Waals surface area contributed by atoms with Crippen molar-refractivity contribution in [2.75, 3.05) is 6.61 Å². The van der Waals surface area contributed by atoms with Crippen LogP contribution in [0.15, 0.2) is 24.3 Å². The Kier molecular flexibility index (Phi) is 5.85. The summed E-state index contributed by atoms with van der Waals surface area (Å²) in [7, 11) is 0. The molecule has 0 bridgehead atoms. The second-order valence-electron chi connectivity index (χ2n) is 4.51. The number of carboxylic acid groups (broad SMARTS) is 1. The molecule has 0 spiro atoms. The van der Waals surface area contributed by atoms with E-state index in [1.165, 1.54) is 0 Å². The molecule has 1 unspecified atom stereocenters. The van der Waals surface area contributed by atoms with Crippen LogP contribution < -0.4 is 10.1 Å². The van der Waals surface area contributed by atoms with Crippen LogP contribution in [0.2, 0.25) is 0 Å². The van der Waals surface area contributed by atoms with Crippen LogP contribution in [0.25, 0.3) is 0 Å². The molecule has 1 amide bonds. The van der Waals surface area contributed by atoms with Gasteiger partial charge in [0.15, 0.2) is 6.61 Å². The van der Waals surface area contributed by atoms with Crippen molar-refractivity contribution >= 4 is 11.9 Å². The van der Waals surface area contributed by atoms with Crippen molar-refractivity contribution in [3.05, 3.63) is 29.8 Å². The van der Waals surface area contributed by atoms with Crippen LogP contribution in [0, 0.1) is 6.92 Å². The first-order valence-electron chi connectivity index (χ1n) is 6.18. The van der Waals surface area contributed by atoms with E-state index in [-0.39, 0.29) is 25.0 Å². The standard InChI is InChI=1S/C14H19NO4/c1-10-4-3-5-12(8-10)19-9-13(16)15-11(2)6-7-14(17)18/h3-5,8,11H,6-7,9H2,1-2H3,(H,15,16)(H,17,18). The van der Waals surface area contributed by atoms with E-state index in [4.69, 9.17) is 9.84 Å². The van der Waals surface area contributed by atoms with Gasteiger partial charge < -0.3 is 15.2 Å². The summed E-state index contributed by atoms with van der Waals surface area (Å²) in [4.78, 5) is 22.0. The van der Waals surface area contributed by atoms with E-state index in [1.54, 1.807) is 13.0 Å². The number of aliphatic carboxylic acids is 1. The Balaban J connectivity index is 2.29. The summed E-state index contributed by atoms with van der Waals surface area (Å²) in [5.41, 5.74) is 1.06. The average Bonchev–Trinajstić information content (AvgIpc) is 2.34. The van der Waals surface area contributed by atoms with Crippen molar-refractivity contribution in [2.24, 2.45) is 0 Å². The predicted octanol–water partition coefficient (Wildman–Crippen LogP) is 1.74. The van der Waals surface area contributed by atoms with Gasteiger partial charge in [-0.2, -0.15) is 0 Å². The van der Waals surface area contributed by atoms with Gasteiger partial charge in [0.05, 0.1) is 0 Å². The molecule has 19 heavy (non-hydrogen) atoms. The van der Waals surface area contributed by atoms with Crippen molar-refractivity contribution in [3.8, 4) is 5.75 Å². The highest BCUT2D eigenvalue weighted by Gasteiger charge is 2.09. The van der Waals surface area contributed by atoms with Gasteiger partial charge in [0, 0.05) is 12.5 Å². The van der Waals surface area contributed by atoms with Crippen molar-refractivity contribution in [3.63, 3.8) is 0 Å². The smallest absolute Gasteiger partial charge is 0.303 e. The van der Waals surface area contributed by atoms with E-state index in [0.29, 0.717) is 12.2 Å². The molecule has 0 aliphatic heterocycles. The molecular weight excluding hydrogens is 246 g/mol. The summed E-state index contributed by atoms with van der Waals surface area (Å²) in [6.07, 6.45) is 0.450. The molecule has 0 fully saturated rings. The minimum Gasteiger partial charge on any atom is -0.484 e. The van der Waals surface area contributed by atoms with Gasteiger partial charge in [-0.25, -0.2) is 0 Å². The van der Waals surface area contributed by atoms with E-state index in [1.807, 2.05) is 25.1 Å². The monoisotopic (exact) mass is 265 g/mol. The molecule has 104 valence electrons. The average molecular weight is 265 g/mol. The molecule has 0 saturated heterocycles. The van der Waals surface area contributed by atoms with Gasteiger partial charge in [-0.05, 0) is 38.0 Å². The zero-order valence-electron chi connectivity index (χ0n) is 11.2.